The first-order chi connectivity index (χ1) is 17.5. The van der Waals surface area contributed by atoms with Gasteiger partial charge in [0.15, 0.2) is 5.78 Å². The number of benzene rings is 2. The molecule has 36 heavy (non-hydrogen) atoms. The molecule has 0 aliphatic rings. The van der Waals surface area contributed by atoms with Crippen LogP contribution in [0.5, 0.6) is 11.5 Å². The van der Waals surface area contributed by atoms with Gasteiger partial charge in [0.25, 0.3) is 5.56 Å². The molecule has 8 nitrogen and oxygen atoms in total. The lowest BCUT2D eigenvalue weighted by molar-refractivity contribution is 0.0991. The van der Waals surface area contributed by atoms with Crippen LogP contribution in [0.3, 0.4) is 0 Å². The summed E-state index contributed by atoms with van der Waals surface area (Å²) < 4.78 is 12.9. The Morgan fingerprint density at radius 1 is 0.972 bits per heavy atom. The van der Waals surface area contributed by atoms with E-state index in [1.54, 1.807) is 28.8 Å². The van der Waals surface area contributed by atoms with E-state index in [2.05, 4.69) is 28.8 Å². The molecule has 0 bridgehead atoms. The molecule has 0 spiro atoms. The van der Waals surface area contributed by atoms with Gasteiger partial charge in [-0.25, -0.2) is 4.52 Å². The van der Waals surface area contributed by atoms with E-state index in [4.69, 9.17) is 9.47 Å². The van der Waals surface area contributed by atoms with Crippen LogP contribution in [0.2, 0.25) is 0 Å². The number of nitrogens with zero attached hydrogens (tertiary/aromatic N) is 4. The number of thiazole rings is 1. The number of aromatic nitrogens is 3. The molecule has 0 aliphatic carbocycles. The Morgan fingerprint density at radius 3 is 2.31 bits per heavy atom. The number of rotatable bonds is 12. The summed E-state index contributed by atoms with van der Waals surface area (Å²) >= 11 is 1.33. The zero-order valence-corrected chi connectivity index (χ0v) is 21.6. The number of Topliss-reactive ketones (excluding diaryl/α,β-unsaturated/α-hetero) is 1. The van der Waals surface area contributed by atoms with Crippen LogP contribution in [0.25, 0.3) is 16.2 Å². The second-order valence-corrected chi connectivity index (χ2v) is 8.97. The van der Waals surface area contributed by atoms with Crippen LogP contribution >= 0.6 is 11.3 Å². The molecular formula is C27H30N4O4S. The first kappa shape index (κ1) is 25.5. The van der Waals surface area contributed by atoms with Crippen molar-refractivity contribution in [1.82, 2.24) is 19.5 Å². The lowest BCUT2D eigenvalue weighted by atomic mass is 10.1. The molecule has 0 atom stereocenters. The van der Waals surface area contributed by atoms with Crippen molar-refractivity contribution < 1.29 is 14.3 Å². The van der Waals surface area contributed by atoms with Gasteiger partial charge in [-0.05, 0) is 68.5 Å². The number of hydrogen-bond acceptors (Lipinski definition) is 8. The van der Waals surface area contributed by atoms with Crippen molar-refractivity contribution in [2.45, 2.75) is 27.2 Å². The molecular weight excluding hydrogens is 476 g/mol. The van der Waals surface area contributed by atoms with Gasteiger partial charge in [0.05, 0.1) is 18.7 Å². The fraction of sp³-hybridized carbons (Fsp3) is 0.333. The fourth-order valence-corrected chi connectivity index (χ4v) is 4.64. The highest BCUT2D eigenvalue weighted by atomic mass is 32.1. The van der Waals surface area contributed by atoms with Gasteiger partial charge in [-0.2, -0.15) is 10.1 Å². The lowest BCUT2D eigenvalue weighted by Gasteiger charge is -2.18. The molecule has 188 valence electrons. The standard InChI is InChI=1S/C27H30N4O4S/c1-4-30(5-2)15-16-35-22-11-7-19(8-12-22)24-18-36-27-28-26(33)23(29-31(24)27)17-25(32)20-9-13-21(14-10-20)34-6-3/h7-14,18H,4-6,15-17H2,1-3H3. The maximum atomic E-state index is 12.8. The second-order valence-electron chi connectivity index (χ2n) is 8.14. The predicted molar refractivity (Wildman–Crippen MR) is 141 cm³/mol. The van der Waals surface area contributed by atoms with Gasteiger partial charge in [0, 0.05) is 23.1 Å². The summed E-state index contributed by atoms with van der Waals surface area (Å²) in [5.41, 5.74) is 1.83. The third kappa shape index (κ3) is 5.98. The highest BCUT2D eigenvalue weighted by Gasteiger charge is 2.16. The molecule has 0 N–H and O–H groups in total. The van der Waals surface area contributed by atoms with E-state index >= 15 is 0 Å². The maximum absolute atomic E-state index is 12.8. The van der Waals surface area contributed by atoms with Gasteiger partial charge in [0.2, 0.25) is 4.96 Å². The Hall–Kier alpha value is -3.56. The summed E-state index contributed by atoms with van der Waals surface area (Å²) in [5.74, 6) is 1.29. The van der Waals surface area contributed by atoms with Crippen LogP contribution in [-0.4, -0.2) is 58.1 Å². The fourth-order valence-electron chi connectivity index (χ4n) is 3.81. The summed E-state index contributed by atoms with van der Waals surface area (Å²) in [4.78, 5) is 32.3. The molecule has 4 rings (SSSR count). The van der Waals surface area contributed by atoms with Crippen LogP contribution in [0.1, 0.15) is 36.8 Å². The van der Waals surface area contributed by atoms with E-state index in [1.807, 2.05) is 36.6 Å². The van der Waals surface area contributed by atoms with E-state index in [1.165, 1.54) is 11.3 Å². The zero-order chi connectivity index (χ0) is 25.5. The Morgan fingerprint density at radius 2 is 1.64 bits per heavy atom. The first-order valence-electron chi connectivity index (χ1n) is 12.1. The molecule has 0 radical (unpaired) electrons. The molecule has 2 aromatic heterocycles. The highest BCUT2D eigenvalue weighted by molar-refractivity contribution is 7.15. The second kappa shape index (κ2) is 11.9. The van der Waals surface area contributed by atoms with E-state index in [9.17, 15) is 9.59 Å². The zero-order valence-electron chi connectivity index (χ0n) is 20.8. The topological polar surface area (TPSA) is 86.0 Å². The molecule has 0 aliphatic heterocycles. The molecule has 0 saturated carbocycles. The number of ether oxygens (including phenoxy) is 2. The van der Waals surface area contributed by atoms with Crippen molar-refractivity contribution in [2.75, 3.05) is 32.8 Å². The SMILES string of the molecule is CCOc1ccc(C(=O)Cc2nn3c(-c4ccc(OCCN(CC)CC)cc4)csc3nc2=O)cc1. The van der Waals surface area contributed by atoms with Crippen molar-refractivity contribution >= 4 is 22.1 Å². The molecule has 2 aromatic carbocycles. The van der Waals surface area contributed by atoms with Gasteiger partial charge >= 0.3 is 0 Å². The van der Waals surface area contributed by atoms with E-state index < -0.39 is 5.56 Å². The Balaban J connectivity index is 1.50. The van der Waals surface area contributed by atoms with Gasteiger partial charge in [-0.1, -0.05) is 13.8 Å². The maximum Gasteiger partial charge on any atom is 0.296 e. The summed E-state index contributed by atoms with van der Waals surface area (Å²) in [5, 5.41) is 6.41. The van der Waals surface area contributed by atoms with Crippen molar-refractivity contribution in [3.63, 3.8) is 0 Å². The largest absolute Gasteiger partial charge is 0.494 e. The average molecular weight is 507 g/mol. The van der Waals surface area contributed by atoms with Crippen LogP contribution < -0.4 is 15.0 Å². The molecule has 0 unspecified atom stereocenters. The number of ketones is 1. The normalized spacial score (nSPS) is 11.2. The smallest absolute Gasteiger partial charge is 0.296 e. The first-order valence-corrected chi connectivity index (χ1v) is 13.0. The quantitative estimate of drug-likeness (QED) is 0.264. The van der Waals surface area contributed by atoms with Crippen LogP contribution in [0, 0.1) is 0 Å². The number of likely N-dealkylation sites (N-methyl/N-ethyl adjacent to an activating group) is 1. The van der Waals surface area contributed by atoms with Gasteiger partial charge in [0.1, 0.15) is 23.8 Å². The van der Waals surface area contributed by atoms with E-state index in [-0.39, 0.29) is 17.9 Å². The molecule has 0 amide bonds. The number of fused-ring (bicyclic) bond motifs is 1. The predicted octanol–water partition coefficient (Wildman–Crippen LogP) is 4.36. The monoisotopic (exact) mass is 506 g/mol. The molecule has 4 aromatic rings. The lowest BCUT2D eigenvalue weighted by Crippen LogP contribution is -2.27. The molecule has 0 fully saturated rings. The summed E-state index contributed by atoms with van der Waals surface area (Å²) in [6.07, 6.45) is -0.128. The Labute approximate surface area is 214 Å². The number of carbonyl (C=O) groups excluding carboxylic acids is 1. The third-order valence-corrected chi connectivity index (χ3v) is 6.70. The minimum Gasteiger partial charge on any atom is -0.494 e. The van der Waals surface area contributed by atoms with Crippen molar-refractivity contribution in [3.8, 4) is 22.8 Å². The van der Waals surface area contributed by atoms with Crippen molar-refractivity contribution in [1.29, 1.82) is 0 Å². The van der Waals surface area contributed by atoms with Gasteiger partial charge in [-0.3, -0.25) is 9.59 Å². The van der Waals surface area contributed by atoms with Crippen LogP contribution in [0.4, 0.5) is 0 Å². The van der Waals surface area contributed by atoms with Crippen molar-refractivity contribution in [2.24, 2.45) is 0 Å². The minimum absolute atomic E-state index is 0.113. The summed E-state index contributed by atoms with van der Waals surface area (Å²) in [6.45, 7) is 10.2. The minimum atomic E-state index is -0.486. The summed E-state index contributed by atoms with van der Waals surface area (Å²) in [6, 6.07) is 14.6. The molecule has 2 heterocycles. The highest BCUT2D eigenvalue weighted by Crippen LogP contribution is 2.26. The van der Waals surface area contributed by atoms with Crippen molar-refractivity contribution in [3.05, 3.63) is 75.5 Å². The van der Waals surface area contributed by atoms with Gasteiger partial charge in [-0.15, -0.1) is 11.3 Å². The Kier molecular flexibility index (Phi) is 8.45. The van der Waals surface area contributed by atoms with Gasteiger partial charge < -0.3 is 14.4 Å². The Bertz CT molecular complexity index is 1360. The van der Waals surface area contributed by atoms with Crippen LogP contribution in [0.15, 0.2) is 58.7 Å². The number of hydrogen-bond donors (Lipinski definition) is 0. The van der Waals surface area contributed by atoms with E-state index in [0.29, 0.717) is 29.5 Å². The van der Waals surface area contributed by atoms with E-state index in [0.717, 1.165) is 36.6 Å². The number of carbonyl (C=O) groups is 1. The molecule has 0 saturated heterocycles. The third-order valence-electron chi connectivity index (χ3n) is 5.89. The summed E-state index contributed by atoms with van der Waals surface area (Å²) in [7, 11) is 0. The van der Waals surface area contributed by atoms with Crippen LogP contribution in [-0.2, 0) is 6.42 Å². The molecule has 9 heteroatoms. The average Bonchev–Trinajstić information content (AvgIpc) is 3.30.